The summed E-state index contributed by atoms with van der Waals surface area (Å²) in [5.41, 5.74) is 0. The number of thioether (sulfide) groups is 1. The summed E-state index contributed by atoms with van der Waals surface area (Å²) in [5, 5.41) is 0. The second-order valence-corrected chi connectivity index (χ2v) is 8.55. The van der Waals surface area contributed by atoms with Crippen LogP contribution in [0.4, 0.5) is 0 Å². The second kappa shape index (κ2) is 10.9. The summed E-state index contributed by atoms with van der Waals surface area (Å²) in [6, 6.07) is 9.48. The Morgan fingerprint density at radius 1 is 1.22 bits per heavy atom. The molecule has 2 unspecified atom stereocenters. The molecule has 0 aliphatic heterocycles. The average Bonchev–Trinajstić information content (AvgIpc) is 2.51. The molecular formula is C17H27O4PS. The maximum absolute atomic E-state index is 12.0. The van der Waals surface area contributed by atoms with Crippen LogP contribution in [0.25, 0.3) is 0 Å². The summed E-state index contributed by atoms with van der Waals surface area (Å²) in [4.78, 5) is 12.0. The molecule has 4 nitrogen and oxygen atoms in total. The standard InChI is InChI=1S/C17H27O4PS/c1-5-14(13-23-17(2,3)4)16(18)19-11-12-20-22-21-15-9-7-6-8-10-15/h6-10,14,22H,5,11-13H2,1-4H3. The van der Waals surface area contributed by atoms with Crippen molar-refractivity contribution in [1.29, 1.82) is 0 Å². The molecule has 0 amide bonds. The molecule has 0 aliphatic carbocycles. The van der Waals surface area contributed by atoms with Crippen molar-refractivity contribution in [2.75, 3.05) is 19.0 Å². The molecule has 1 aromatic carbocycles. The molecule has 0 spiro atoms. The van der Waals surface area contributed by atoms with Gasteiger partial charge in [0.1, 0.15) is 12.4 Å². The van der Waals surface area contributed by atoms with Gasteiger partial charge in [-0.3, -0.25) is 4.79 Å². The number of hydrogen-bond acceptors (Lipinski definition) is 5. The summed E-state index contributed by atoms with van der Waals surface area (Å²) in [6.45, 7) is 9.08. The normalized spacial score (nSPS) is 13.2. The lowest BCUT2D eigenvalue weighted by atomic mass is 10.1. The topological polar surface area (TPSA) is 44.8 Å². The molecule has 1 rings (SSSR count). The zero-order valence-electron chi connectivity index (χ0n) is 14.3. The third-order valence-corrected chi connectivity index (χ3v) is 5.01. The highest BCUT2D eigenvalue weighted by Crippen LogP contribution is 2.27. The highest BCUT2D eigenvalue weighted by Gasteiger charge is 2.21. The molecule has 0 radical (unpaired) electrons. The molecule has 0 saturated heterocycles. The average molecular weight is 358 g/mol. The Kier molecular flexibility index (Phi) is 9.61. The Hall–Kier alpha value is -0.770. The number of rotatable bonds is 10. The minimum absolute atomic E-state index is 0.0535. The number of ether oxygens (including phenoxy) is 1. The van der Waals surface area contributed by atoms with E-state index in [-0.39, 0.29) is 32.3 Å². The lowest BCUT2D eigenvalue weighted by Gasteiger charge is -2.21. The fourth-order valence-electron chi connectivity index (χ4n) is 1.61. The first-order chi connectivity index (χ1) is 10.9. The highest BCUT2D eigenvalue weighted by atomic mass is 32.2. The van der Waals surface area contributed by atoms with Gasteiger partial charge in [0.25, 0.3) is 0 Å². The molecule has 6 heteroatoms. The van der Waals surface area contributed by atoms with Crippen LogP contribution in [0.1, 0.15) is 34.1 Å². The quantitative estimate of drug-likeness (QED) is 0.345. The summed E-state index contributed by atoms with van der Waals surface area (Å²) in [6.07, 6.45) is 0.793. The van der Waals surface area contributed by atoms with E-state index in [9.17, 15) is 4.79 Å². The van der Waals surface area contributed by atoms with Crippen LogP contribution in [0.3, 0.4) is 0 Å². The first kappa shape index (κ1) is 20.3. The van der Waals surface area contributed by atoms with E-state index in [1.165, 1.54) is 0 Å². The predicted molar refractivity (Wildman–Crippen MR) is 98.3 cm³/mol. The molecule has 0 saturated carbocycles. The van der Waals surface area contributed by atoms with Gasteiger partial charge in [-0.1, -0.05) is 45.9 Å². The zero-order valence-corrected chi connectivity index (χ0v) is 16.2. The minimum Gasteiger partial charge on any atom is -0.463 e. The van der Waals surface area contributed by atoms with E-state index in [1.807, 2.05) is 37.3 Å². The molecule has 23 heavy (non-hydrogen) atoms. The highest BCUT2D eigenvalue weighted by molar-refractivity contribution is 8.00. The maximum Gasteiger partial charge on any atom is 0.309 e. The lowest BCUT2D eigenvalue weighted by molar-refractivity contribution is -0.148. The lowest BCUT2D eigenvalue weighted by Crippen LogP contribution is -2.23. The number of benzene rings is 1. The first-order valence-electron chi connectivity index (χ1n) is 7.81. The van der Waals surface area contributed by atoms with E-state index in [1.54, 1.807) is 11.8 Å². The van der Waals surface area contributed by atoms with Crippen LogP contribution in [-0.2, 0) is 14.1 Å². The van der Waals surface area contributed by atoms with Gasteiger partial charge in [-0.05, 0) is 18.6 Å². The van der Waals surface area contributed by atoms with Crippen LogP contribution in [0.15, 0.2) is 30.3 Å². The molecule has 1 aromatic rings. The van der Waals surface area contributed by atoms with Crippen LogP contribution >= 0.6 is 20.8 Å². The van der Waals surface area contributed by atoms with E-state index in [0.29, 0.717) is 6.61 Å². The Bertz CT molecular complexity index is 448. The summed E-state index contributed by atoms with van der Waals surface area (Å²) < 4.78 is 16.2. The van der Waals surface area contributed by atoms with E-state index in [2.05, 4.69) is 20.8 Å². The maximum atomic E-state index is 12.0. The molecule has 0 bridgehead atoms. The van der Waals surface area contributed by atoms with Gasteiger partial charge in [-0.2, -0.15) is 11.8 Å². The van der Waals surface area contributed by atoms with Gasteiger partial charge in [0.05, 0.1) is 12.5 Å². The van der Waals surface area contributed by atoms with Crippen molar-refractivity contribution >= 4 is 26.8 Å². The van der Waals surface area contributed by atoms with Crippen molar-refractivity contribution in [2.24, 2.45) is 5.92 Å². The Labute approximate surface area is 145 Å². The molecule has 0 N–H and O–H groups in total. The first-order valence-corrected chi connectivity index (χ1v) is 9.62. The second-order valence-electron chi connectivity index (χ2n) is 6.04. The van der Waals surface area contributed by atoms with Crippen molar-refractivity contribution in [1.82, 2.24) is 0 Å². The van der Waals surface area contributed by atoms with Crippen molar-refractivity contribution < 1.29 is 18.6 Å². The molecule has 0 aliphatic rings. The third kappa shape index (κ3) is 9.85. The molecule has 130 valence electrons. The van der Waals surface area contributed by atoms with Crippen LogP contribution in [-0.4, -0.2) is 29.7 Å². The van der Waals surface area contributed by atoms with Gasteiger partial charge in [-0.25, -0.2) is 0 Å². The van der Waals surface area contributed by atoms with Crippen LogP contribution < -0.4 is 4.52 Å². The van der Waals surface area contributed by atoms with E-state index < -0.39 is 0 Å². The van der Waals surface area contributed by atoms with Crippen molar-refractivity contribution in [3.05, 3.63) is 30.3 Å². The van der Waals surface area contributed by atoms with E-state index in [0.717, 1.165) is 17.9 Å². The Balaban J connectivity index is 2.12. The largest absolute Gasteiger partial charge is 0.463 e. The van der Waals surface area contributed by atoms with Gasteiger partial charge in [0.2, 0.25) is 9.03 Å². The predicted octanol–water partition coefficient (Wildman–Crippen LogP) is 4.69. The van der Waals surface area contributed by atoms with Gasteiger partial charge in [-0.15, -0.1) is 0 Å². The van der Waals surface area contributed by atoms with Gasteiger partial charge >= 0.3 is 5.97 Å². The summed E-state index contributed by atoms with van der Waals surface area (Å²) in [7, 11) is -0.0949. The van der Waals surface area contributed by atoms with Gasteiger partial charge in [0, 0.05) is 10.5 Å². The number of carbonyl (C=O) groups excluding carboxylic acids is 1. The van der Waals surface area contributed by atoms with Crippen molar-refractivity contribution in [2.45, 2.75) is 38.9 Å². The van der Waals surface area contributed by atoms with Gasteiger partial charge < -0.3 is 13.8 Å². The Morgan fingerprint density at radius 2 is 1.91 bits per heavy atom. The van der Waals surface area contributed by atoms with E-state index in [4.69, 9.17) is 13.8 Å². The van der Waals surface area contributed by atoms with Gasteiger partial charge in [0.15, 0.2) is 0 Å². The third-order valence-electron chi connectivity index (χ3n) is 2.94. The number of carbonyl (C=O) groups is 1. The Morgan fingerprint density at radius 3 is 2.52 bits per heavy atom. The number of para-hydroxylation sites is 1. The molecule has 0 fully saturated rings. The smallest absolute Gasteiger partial charge is 0.309 e. The number of esters is 1. The molecule has 0 aromatic heterocycles. The fraction of sp³-hybridized carbons (Fsp3) is 0.588. The SMILES string of the molecule is CCC(CSC(C)(C)C)C(=O)OCCOPOc1ccccc1. The fourth-order valence-corrected chi connectivity index (χ4v) is 3.14. The van der Waals surface area contributed by atoms with Crippen LogP contribution in [0.2, 0.25) is 0 Å². The minimum atomic E-state index is -0.139. The van der Waals surface area contributed by atoms with Crippen molar-refractivity contribution in [3.63, 3.8) is 0 Å². The molecule has 2 atom stereocenters. The molecular weight excluding hydrogens is 331 g/mol. The number of hydrogen-bond donors (Lipinski definition) is 0. The van der Waals surface area contributed by atoms with Crippen molar-refractivity contribution in [3.8, 4) is 5.75 Å². The summed E-state index contributed by atoms with van der Waals surface area (Å²) >= 11 is 1.79. The summed E-state index contributed by atoms with van der Waals surface area (Å²) in [5.74, 6) is 1.37. The van der Waals surface area contributed by atoms with E-state index >= 15 is 0 Å². The van der Waals surface area contributed by atoms with Crippen LogP contribution in [0.5, 0.6) is 5.75 Å². The molecule has 0 heterocycles. The monoisotopic (exact) mass is 358 g/mol. The zero-order chi connectivity index (χ0) is 17.1. The van der Waals surface area contributed by atoms with Crippen LogP contribution in [0, 0.1) is 5.92 Å².